The predicted molar refractivity (Wildman–Crippen MR) is 77.6 cm³/mol. The Labute approximate surface area is 124 Å². The number of nitrogens with one attached hydrogen (secondary N) is 1. The first-order chi connectivity index (χ1) is 9.96. The van der Waals surface area contributed by atoms with Crippen molar-refractivity contribution in [3.8, 4) is 0 Å². The van der Waals surface area contributed by atoms with E-state index < -0.39 is 10.0 Å². The topological polar surface area (TPSA) is 75.7 Å². The number of fused-ring (bicyclic) bond motifs is 1. The Hall–Kier alpha value is -1.44. The number of carbonyl (C=O) groups is 1. The normalized spacial score (nSPS) is 23.5. The Bertz CT molecular complexity index is 672. The summed E-state index contributed by atoms with van der Waals surface area (Å²) < 4.78 is 32.2. The number of benzene rings is 1. The van der Waals surface area contributed by atoms with Crippen LogP contribution in [0.4, 0.5) is 5.69 Å². The standard InChI is InChI=1S/C14H18N2O4S/c1-10-9-16(6-7-20-10)21(18,19)12-3-4-13-11(8-12)2-5-14(17)15-13/h3-4,8,10H,2,5-7,9H2,1H3,(H,15,17). The van der Waals surface area contributed by atoms with Crippen LogP contribution in [0.25, 0.3) is 0 Å². The number of carbonyl (C=O) groups excluding carboxylic acids is 1. The maximum Gasteiger partial charge on any atom is 0.243 e. The van der Waals surface area contributed by atoms with Crippen LogP contribution in [0.5, 0.6) is 0 Å². The first kappa shape index (κ1) is 14.5. The minimum atomic E-state index is -3.50. The fourth-order valence-corrected chi connectivity index (χ4v) is 4.22. The van der Waals surface area contributed by atoms with Crippen molar-refractivity contribution in [2.75, 3.05) is 25.0 Å². The number of amides is 1. The highest BCUT2D eigenvalue weighted by Crippen LogP contribution is 2.27. The number of rotatable bonds is 2. The molecular weight excluding hydrogens is 292 g/mol. The van der Waals surface area contributed by atoms with Crippen LogP contribution in [-0.2, 0) is 26.0 Å². The van der Waals surface area contributed by atoms with Crippen LogP contribution >= 0.6 is 0 Å². The van der Waals surface area contributed by atoms with Crippen LogP contribution in [0.1, 0.15) is 18.9 Å². The molecule has 6 nitrogen and oxygen atoms in total. The van der Waals surface area contributed by atoms with E-state index in [1.807, 2.05) is 6.92 Å². The van der Waals surface area contributed by atoms with E-state index in [-0.39, 0.29) is 16.9 Å². The minimum Gasteiger partial charge on any atom is -0.376 e. The van der Waals surface area contributed by atoms with Gasteiger partial charge in [0.05, 0.1) is 17.6 Å². The Kier molecular flexibility index (Phi) is 3.73. The van der Waals surface area contributed by atoms with E-state index >= 15 is 0 Å². The Balaban J connectivity index is 1.91. The fourth-order valence-electron chi connectivity index (χ4n) is 2.67. The van der Waals surface area contributed by atoms with Crippen molar-refractivity contribution in [3.63, 3.8) is 0 Å². The van der Waals surface area contributed by atoms with E-state index in [0.717, 1.165) is 5.56 Å². The minimum absolute atomic E-state index is 0.0277. The van der Waals surface area contributed by atoms with Gasteiger partial charge in [-0.25, -0.2) is 8.42 Å². The third kappa shape index (κ3) is 2.81. The highest BCUT2D eigenvalue weighted by molar-refractivity contribution is 7.89. The largest absolute Gasteiger partial charge is 0.376 e. The number of aryl methyl sites for hydroxylation is 1. The number of ether oxygens (including phenoxy) is 1. The molecule has 1 amide bonds. The molecule has 7 heteroatoms. The number of hydrogen-bond acceptors (Lipinski definition) is 4. The van der Waals surface area contributed by atoms with Gasteiger partial charge in [0.15, 0.2) is 0 Å². The van der Waals surface area contributed by atoms with E-state index in [1.54, 1.807) is 18.2 Å². The van der Waals surface area contributed by atoms with Crippen molar-refractivity contribution in [1.82, 2.24) is 4.31 Å². The molecule has 1 fully saturated rings. The van der Waals surface area contributed by atoms with E-state index in [2.05, 4.69) is 5.32 Å². The Morgan fingerprint density at radius 1 is 1.33 bits per heavy atom. The number of nitrogens with zero attached hydrogens (tertiary/aromatic N) is 1. The number of sulfonamides is 1. The van der Waals surface area contributed by atoms with Crippen molar-refractivity contribution < 1.29 is 17.9 Å². The first-order valence-electron chi connectivity index (χ1n) is 7.01. The maximum absolute atomic E-state index is 12.7. The first-order valence-corrected chi connectivity index (χ1v) is 8.45. The molecule has 114 valence electrons. The second-order valence-corrected chi connectivity index (χ2v) is 7.35. The zero-order valence-electron chi connectivity index (χ0n) is 11.8. The molecule has 1 aromatic carbocycles. The second kappa shape index (κ2) is 5.40. The second-order valence-electron chi connectivity index (χ2n) is 5.41. The van der Waals surface area contributed by atoms with Crippen molar-refractivity contribution in [2.45, 2.75) is 30.8 Å². The van der Waals surface area contributed by atoms with Gasteiger partial charge in [0.2, 0.25) is 15.9 Å². The molecule has 1 N–H and O–H groups in total. The van der Waals surface area contributed by atoms with Gasteiger partial charge in [0.1, 0.15) is 0 Å². The summed E-state index contributed by atoms with van der Waals surface area (Å²) in [5.41, 5.74) is 1.58. The van der Waals surface area contributed by atoms with Crippen LogP contribution < -0.4 is 5.32 Å². The third-order valence-electron chi connectivity index (χ3n) is 3.81. The zero-order chi connectivity index (χ0) is 15.0. The van der Waals surface area contributed by atoms with Crippen LogP contribution in [0, 0.1) is 0 Å². The lowest BCUT2D eigenvalue weighted by Gasteiger charge is -2.30. The van der Waals surface area contributed by atoms with E-state index in [9.17, 15) is 13.2 Å². The summed E-state index contributed by atoms with van der Waals surface area (Å²) in [5.74, 6) is -0.0277. The van der Waals surface area contributed by atoms with Crippen LogP contribution in [0.2, 0.25) is 0 Å². The van der Waals surface area contributed by atoms with E-state index in [1.165, 1.54) is 4.31 Å². The summed E-state index contributed by atoms with van der Waals surface area (Å²) in [4.78, 5) is 11.6. The molecule has 0 aliphatic carbocycles. The molecule has 21 heavy (non-hydrogen) atoms. The molecule has 1 saturated heterocycles. The van der Waals surface area contributed by atoms with Crippen LogP contribution in [0.3, 0.4) is 0 Å². The fraction of sp³-hybridized carbons (Fsp3) is 0.500. The molecule has 0 bridgehead atoms. The number of hydrogen-bond donors (Lipinski definition) is 1. The van der Waals surface area contributed by atoms with Gasteiger partial charge in [-0.2, -0.15) is 4.31 Å². The average molecular weight is 310 g/mol. The third-order valence-corrected chi connectivity index (χ3v) is 5.67. The Morgan fingerprint density at radius 3 is 2.90 bits per heavy atom. The number of anilines is 1. The molecule has 2 aliphatic heterocycles. The molecule has 2 heterocycles. The smallest absolute Gasteiger partial charge is 0.243 e. The molecule has 3 rings (SSSR count). The lowest BCUT2D eigenvalue weighted by Crippen LogP contribution is -2.44. The average Bonchev–Trinajstić information content (AvgIpc) is 2.46. The van der Waals surface area contributed by atoms with Crippen LogP contribution in [-0.4, -0.2) is 44.4 Å². The molecule has 0 radical (unpaired) electrons. The molecule has 2 aliphatic rings. The number of morpholine rings is 1. The highest BCUT2D eigenvalue weighted by atomic mass is 32.2. The summed E-state index contributed by atoms with van der Waals surface area (Å²) in [6, 6.07) is 4.90. The highest BCUT2D eigenvalue weighted by Gasteiger charge is 2.30. The Morgan fingerprint density at radius 2 is 2.14 bits per heavy atom. The van der Waals surface area contributed by atoms with Crippen molar-refractivity contribution in [3.05, 3.63) is 23.8 Å². The summed E-state index contributed by atoms with van der Waals surface area (Å²) in [6.45, 7) is 3.03. The van der Waals surface area contributed by atoms with Gasteiger partial charge in [0, 0.05) is 25.2 Å². The van der Waals surface area contributed by atoms with Gasteiger partial charge in [-0.15, -0.1) is 0 Å². The maximum atomic E-state index is 12.7. The SMILES string of the molecule is CC1CN(S(=O)(=O)c2ccc3c(c2)CCC(=O)N3)CCO1. The van der Waals surface area contributed by atoms with Gasteiger partial charge in [0.25, 0.3) is 0 Å². The molecule has 0 saturated carbocycles. The molecule has 1 aromatic rings. The quantitative estimate of drug-likeness (QED) is 0.883. The molecule has 0 aromatic heterocycles. The lowest BCUT2D eigenvalue weighted by atomic mass is 10.0. The van der Waals surface area contributed by atoms with Crippen molar-refractivity contribution in [1.29, 1.82) is 0 Å². The van der Waals surface area contributed by atoms with Gasteiger partial charge < -0.3 is 10.1 Å². The van der Waals surface area contributed by atoms with Gasteiger partial charge in [-0.3, -0.25) is 4.79 Å². The van der Waals surface area contributed by atoms with Gasteiger partial charge in [-0.05, 0) is 37.1 Å². The van der Waals surface area contributed by atoms with Crippen molar-refractivity contribution in [2.24, 2.45) is 0 Å². The van der Waals surface area contributed by atoms with Gasteiger partial charge >= 0.3 is 0 Å². The summed E-state index contributed by atoms with van der Waals surface area (Å²) >= 11 is 0. The summed E-state index contributed by atoms with van der Waals surface area (Å²) in [7, 11) is -3.50. The molecule has 1 atom stereocenters. The van der Waals surface area contributed by atoms with E-state index in [0.29, 0.717) is 38.2 Å². The molecule has 0 spiro atoms. The summed E-state index contributed by atoms with van der Waals surface area (Å²) in [6.07, 6.45) is 0.875. The monoisotopic (exact) mass is 310 g/mol. The van der Waals surface area contributed by atoms with E-state index in [4.69, 9.17) is 4.74 Å². The lowest BCUT2D eigenvalue weighted by molar-refractivity contribution is -0.116. The van der Waals surface area contributed by atoms with Crippen LogP contribution in [0.15, 0.2) is 23.1 Å². The predicted octanol–water partition coefficient (Wildman–Crippen LogP) is 0.981. The van der Waals surface area contributed by atoms with Gasteiger partial charge in [-0.1, -0.05) is 0 Å². The molecular formula is C14H18N2O4S. The zero-order valence-corrected chi connectivity index (χ0v) is 12.6. The molecule has 1 unspecified atom stereocenters. The van der Waals surface area contributed by atoms with Crippen molar-refractivity contribution >= 4 is 21.6 Å². The summed E-state index contributed by atoms with van der Waals surface area (Å²) in [5, 5.41) is 2.76.